The number of hydrogen-bond acceptors (Lipinski definition) is 5. The highest BCUT2D eigenvalue weighted by Gasteiger charge is 2.35. The monoisotopic (exact) mass is 384 g/mol. The van der Waals surface area contributed by atoms with Crippen LogP contribution in [-0.4, -0.2) is 62.1 Å². The van der Waals surface area contributed by atoms with E-state index in [1.54, 1.807) is 0 Å². The SMILES string of the molecule is COCC(C)(NC(=O)c1ccc(S(=O)(=O)N2CCCCC2)cc1)C(=O)O. The van der Waals surface area contributed by atoms with E-state index in [0.29, 0.717) is 13.1 Å². The Hall–Kier alpha value is -1.97. The van der Waals surface area contributed by atoms with Crippen molar-refractivity contribution < 1.29 is 27.9 Å². The van der Waals surface area contributed by atoms with Gasteiger partial charge in [-0.1, -0.05) is 6.42 Å². The van der Waals surface area contributed by atoms with Gasteiger partial charge in [-0.2, -0.15) is 4.31 Å². The number of piperidine rings is 1. The summed E-state index contributed by atoms with van der Waals surface area (Å²) in [6.45, 7) is 2.14. The van der Waals surface area contributed by atoms with Crippen LogP contribution in [0.2, 0.25) is 0 Å². The number of rotatable bonds is 7. The number of benzene rings is 1. The number of methoxy groups -OCH3 is 1. The number of amides is 1. The van der Waals surface area contributed by atoms with E-state index < -0.39 is 27.4 Å². The molecule has 0 spiro atoms. The highest BCUT2D eigenvalue weighted by atomic mass is 32.2. The minimum Gasteiger partial charge on any atom is -0.479 e. The van der Waals surface area contributed by atoms with Gasteiger partial charge in [-0.05, 0) is 44.0 Å². The quantitative estimate of drug-likeness (QED) is 0.727. The van der Waals surface area contributed by atoms with E-state index >= 15 is 0 Å². The molecule has 1 aromatic carbocycles. The highest BCUT2D eigenvalue weighted by Crippen LogP contribution is 2.21. The smallest absolute Gasteiger partial charge is 0.331 e. The number of sulfonamides is 1. The van der Waals surface area contributed by atoms with E-state index in [0.717, 1.165) is 19.3 Å². The summed E-state index contributed by atoms with van der Waals surface area (Å²) in [5.41, 5.74) is -1.41. The molecule has 26 heavy (non-hydrogen) atoms. The summed E-state index contributed by atoms with van der Waals surface area (Å²) >= 11 is 0. The fourth-order valence-corrected chi connectivity index (χ4v) is 4.31. The molecule has 1 aliphatic heterocycles. The van der Waals surface area contributed by atoms with Gasteiger partial charge in [-0.15, -0.1) is 0 Å². The Balaban J connectivity index is 2.15. The molecule has 1 saturated heterocycles. The van der Waals surface area contributed by atoms with Gasteiger partial charge in [-0.3, -0.25) is 4.79 Å². The predicted molar refractivity (Wildman–Crippen MR) is 94.4 cm³/mol. The third-order valence-corrected chi connectivity index (χ3v) is 6.28. The molecule has 8 nitrogen and oxygen atoms in total. The van der Waals surface area contributed by atoms with E-state index in [9.17, 15) is 23.1 Å². The average Bonchev–Trinajstić information content (AvgIpc) is 2.62. The van der Waals surface area contributed by atoms with Crippen LogP contribution >= 0.6 is 0 Å². The lowest BCUT2D eigenvalue weighted by atomic mass is 10.0. The van der Waals surface area contributed by atoms with Gasteiger partial charge in [0.05, 0.1) is 11.5 Å². The maximum absolute atomic E-state index is 12.6. The number of aliphatic carboxylic acids is 1. The minimum absolute atomic E-state index is 0.119. The van der Waals surface area contributed by atoms with Gasteiger partial charge in [0.15, 0.2) is 5.54 Å². The Morgan fingerprint density at radius 1 is 1.19 bits per heavy atom. The molecule has 2 N–H and O–H groups in total. The molecule has 1 aromatic rings. The number of carbonyl (C=O) groups excluding carboxylic acids is 1. The van der Waals surface area contributed by atoms with Crippen molar-refractivity contribution in [2.75, 3.05) is 26.8 Å². The van der Waals surface area contributed by atoms with Gasteiger partial charge in [0.25, 0.3) is 5.91 Å². The molecule has 1 unspecified atom stereocenters. The van der Waals surface area contributed by atoms with Gasteiger partial charge >= 0.3 is 5.97 Å². The summed E-state index contributed by atoms with van der Waals surface area (Å²) in [6.07, 6.45) is 2.70. The number of carboxylic acids is 1. The van der Waals surface area contributed by atoms with Crippen molar-refractivity contribution >= 4 is 21.9 Å². The topological polar surface area (TPSA) is 113 Å². The zero-order chi connectivity index (χ0) is 19.4. The van der Waals surface area contributed by atoms with Crippen LogP contribution in [0, 0.1) is 0 Å². The Kier molecular flexibility index (Phi) is 6.38. The molecule has 0 bridgehead atoms. The van der Waals surface area contributed by atoms with Crippen LogP contribution < -0.4 is 5.32 Å². The van der Waals surface area contributed by atoms with Crippen LogP contribution in [0.3, 0.4) is 0 Å². The van der Waals surface area contributed by atoms with Crippen LogP contribution in [0.1, 0.15) is 36.5 Å². The van der Waals surface area contributed by atoms with Crippen molar-refractivity contribution in [2.45, 2.75) is 36.6 Å². The summed E-state index contributed by atoms with van der Waals surface area (Å²) in [5, 5.41) is 11.7. The van der Waals surface area contributed by atoms with E-state index in [2.05, 4.69) is 5.32 Å². The lowest BCUT2D eigenvalue weighted by Crippen LogP contribution is -2.55. The van der Waals surface area contributed by atoms with E-state index in [1.165, 1.54) is 42.6 Å². The lowest BCUT2D eigenvalue weighted by Gasteiger charge is -2.26. The number of carbonyl (C=O) groups is 2. The molecule has 0 aromatic heterocycles. The first-order chi connectivity index (χ1) is 12.2. The zero-order valence-electron chi connectivity index (χ0n) is 14.9. The molecule has 1 atom stereocenters. The third kappa shape index (κ3) is 4.40. The second kappa shape index (κ2) is 8.15. The number of nitrogens with zero attached hydrogens (tertiary/aromatic N) is 1. The second-order valence-electron chi connectivity index (χ2n) is 6.51. The number of hydrogen-bond donors (Lipinski definition) is 2. The van der Waals surface area contributed by atoms with Crippen LogP contribution in [0.25, 0.3) is 0 Å². The van der Waals surface area contributed by atoms with Crippen molar-refractivity contribution in [2.24, 2.45) is 0 Å². The minimum atomic E-state index is -3.57. The molecule has 0 saturated carbocycles. The predicted octanol–water partition coefficient (Wildman–Crippen LogP) is 1.08. The zero-order valence-corrected chi connectivity index (χ0v) is 15.7. The molecular weight excluding hydrogens is 360 g/mol. The van der Waals surface area contributed by atoms with Crippen LogP contribution in [-0.2, 0) is 19.6 Å². The summed E-state index contributed by atoms with van der Waals surface area (Å²) in [7, 11) is -2.23. The second-order valence-corrected chi connectivity index (χ2v) is 8.45. The van der Waals surface area contributed by atoms with Crippen molar-refractivity contribution in [3.05, 3.63) is 29.8 Å². The molecule has 1 amide bonds. The van der Waals surface area contributed by atoms with Gasteiger partial charge in [-0.25, -0.2) is 13.2 Å². The van der Waals surface area contributed by atoms with Crippen molar-refractivity contribution in [1.82, 2.24) is 9.62 Å². The van der Waals surface area contributed by atoms with Gasteiger partial charge < -0.3 is 15.2 Å². The summed E-state index contributed by atoms with van der Waals surface area (Å²) in [6, 6.07) is 5.49. The normalized spacial score (nSPS) is 18.1. The molecule has 9 heteroatoms. The van der Waals surface area contributed by atoms with Crippen LogP contribution in [0.5, 0.6) is 0 Å². The van der Waals surface area contributed by atoms with E-state index in [4.69, 9.17) is 4.74 Å². The standard InChI is InChI=1S/C17H24N2O6S/c1-17(12-25-2,16(21)22)18-15(20)13-6-8-14(9-7-13)26(23,24)19-10-4-3-5-11-19/h6-9H,3-5,10-12H2,1-2H3,(H,18,20)(H,21,22). The summed E-state index contributed by atoms with van der Waals surface area (Å²) < 4.78 is 31.5. The van der Waals surface area contributed by atoms with Gasteiger partial charge in [0.1, 0.15) is 0 Å². The molecule has 0 radical (unpaired) electrons. The fraction of sp³-hybridized carbons (Fsp3) is 0.529. The number of ether oxygens (including phenoxy) is 1. The molecule has 0 aliphatic carbocycles. The maximum atomic E-state index is 12.6. The van der Waals surface area contributed by atoms with Crippen LogP contribution in [0.15, 0.2) is 29.2 Å². The summed E-state index contributed by atoms with van der Waals surface area (Å²) in [5.74, 6) is -1.84. The number of nitrogens with one attached hydrogen (secondary N) is 1. The Bertz CT molecular complexity index is 756. The Morgan fingerprint density at radius 3 is 2.27 bits per heavy atom. The first kappa shape index (κ1) is 20.3. The average molecular weight is 384 g/mol. The van der Waals surface area contributed by atoms with Crippen molar-refractivity contribution in [3.8, 4) is 0 Å². The largest absolute Gasteiger partial charge is 0.479 e. The van der Waals surface area contributed by atoms with E-state index in [-0.39, 0.29) is 17.1 Å². The van der Waals surface area contributed by atoms with Crippen molar-refractivity contribution in [3.63, 3.8) is 0 Å². The molecule has 1 heterocycles. The third-order valence-electron chi connectivity index (χ3n) is 4.36. The molecule has 1 fully saturated rings. The van der Waals surface area contributed by atoms with Gasteiger partial charge in [0.2, 0.25) is 10.0 Å². The highest BCUT2D eigenvalue weighted by molar-refractivity contribution is 7.89. The fourth-order valence-electron chi connectivity index (χ4n) is 2.80. The van der Waals surface area contributed by atoms with E-state index in [1.807, 2.05) is 0 Å². The first-order valence-corrected chi connectivity index (χ1v) is 9.80. The van der Waals surface area contributed by atoms with Gasteiger partial charge in [0, 0.05) is 25.8 Å². The Labute approximate surface area is 153 Å². The molecule has 1 aliphatic rings. The molecular formula is C17H24N2O6S. The van der Waals surface area contributed by atoms with Crippen LogP contribution in [0.4, 0.5) is 0 Å². The maximum Gasteiger partial charge on any atom is 0.331 e. The first-order valence-electron chi connectivity index (χ1n) is 8.36. The summed E-state index contributed by atoms with van der Waals surface area (Å²) in [4.78, 5) is 23.8. The lowest BCUT2D eigenvalue weighted by molar-refractivity contribution is -0.145. The Morgan fingerprint density at radius 2 is 1.77 bits per heavy atom. The molecule has 144 valence electrons. The number of carboxylic acid groups (broad SMARTS) is 1. The molecule has 2 rings (SSSR count). The van der Waals surface area contributed by atoms with Crippen molar-refractivity contribution in [1.29, 1.82) is 0 Å².